The molecule has 0 bridgehead atoms. The molecular weight excluding hydrogens is 290 g/mol. The van der Waals surface area contributed by atoms with Crippen molar-refractivity contribution in [1.82, 2.24) is 19.7 Å². The maximum atomic E-state index is 10.7. The minimum Gasteiger partial charge on any atom is -0.481 e. The van der Waals surface area contributed by atoms with E-state index in [1.807, 2.05) is 41.8 Å². The fourth-order valence-corrected chi connectivity index (χ4v) is 2.63. The summed E-state index contributed by atoms with van der Waals surface area (Å²) >= 11 is 1.18. The van der Waals surface area contributed by atoms with Crippen molar-refractivity contribution in [2.24, 2.45) is 0 Å². The van der Waals surface area contributed by atoms with Crippen LogP contribution < -0.4 is 4.90 Å². The van der Waals surface area contributed by atoms with Gasteiger partial charge in [-0.25, -0.2) is 0 Å². The van der Waals surface area contributed by atoms with E-state index in [9.17, 15) is 4.79 Å². The molecule has 0 aliphatic rings. The monoisotopic (exact) mass is 307 g/mol. The number of anilines is 1. The van der Waals surface area contributed by atoms with Crippen LogP contribution in [0, 0.1) is 0 Å². The van der Waals surface area contributed by atoms with E-state index >= 15 is 0 Å². The van der Waals surface area contributed by atoms with Crippen LogP contribution in [0.5, 0.6) is 0 Å². The van der Waals surface area contributed by atoms with E-state index in [-0.39, 0.29) is 5.75 Å². The Labute approximate surface area is 127 Å². The fraction of sp³-hybridized carbons (Fsp3) is 0.385. The van der Waals surface area contributed by atoms with Crippen molar-refractivity contribution >= 4 is 23.7 Å². The number of carboxylic acids is 1. The van der Waals surface area contributed by atoms with Gasteiger partial charge in [-0.3, -0.25) is 14.3 Å². The van der Waals surface area contributed by atoms with Crippen LogP contribution in [0.4, 0.5) is 5.95 Å². The predicted octanol–water partition coefficient (Wildman–Crippen LogP) is 1.51. The third kappa shape index (κ3) is 3.94. The minimum atomic E-state index is -0.865. The molecule has 7 nitrogen and oxygen atoms in total. The summed E-state index contributed by atoms with van der Waals surface area (Å²) in [6, 6.07) is 3.89. The van der Waals surface area contributed by atoms with E-state index in [4.69, 9.17) is 5.11 Å². The van der Waals surface area contributed by atoms with Gasteiger partial charge in [-0.2, -0.15) is 0 Å². The lowest BCUT2D eigenvalue weighted by atomic mass is 10.3. The average molecular weight is 307 g/mol. The van der Waals surface area contributed by atoms with Crippen LogP contribution in [0.15, 0.2) is 29.7 Å². The molecule has 1 N–H and O–H groups in total. The first-order chi connectivity index (χ1) is 10.1. The van der Waals surface area contributed by atoms with Gasteiger partial charge in [-0.1, -0.05) is 17.8 Å². The highest BCUT2D eigenvalue weighted by molar-refractivity contribution is 7.99. The van der Waals surface area contributed by atoms with E-state index in [1.54, 1.807) is 6.20 Å². The molecule has 0 aromatic carbocycles. The van der Waals surface area contributed by atoms with Gasteiger partial charge in [0.1, 0.15) is 0 Å². The molecule has 0 aliphatic heterocycles. The minimum absolute atomic E-state index is 0.0234. The smallest absolute Gasteiger partial charge is 0.313 e. The summed E-state index contributed by atoms with van der Waals surface area (Å²) in [6.07, 6.45) is 3.54. The van der Waals surface area contributed by atoms with Crippen molar-refractivity contribution in [2.45, 2.75) is 25.2 Å². The van der Waals surface area contributed by atoms with Crippen LogP contribution in [0.2, 0.25) is 0 Å². The molecule has 2 aromatic heterocycles. The highest BCUT2D eigenvalue weighted by atomic mass is 32.2. The van der Waals surface area contributed by atoms with E-state index in [0.29, 0.717) is 24.2 Å². The van der Waals surface area contributed by atoms with Gasteiger partial charge in [0, 0.05) is 32.5 Å². The number of rotatable bonds is 7. The lowest BCUT2D eigenvalue weighted by Crippen LogP contribution is -2.21. The van der Waals surface area contributed by atoms with E-state index in [2.05, 4.69) is 15.2 Å². The van der Waals surface area contributed by atoms with Crippen LogP contribution in [0.1, 0.15) is 12.5 Å². The zero-order valence-electron chi connectivity index (χ0n) is 11.9. The van der Waals surface area contributed by atoms with Gasteiger partial charge in [0.2, 0.25) is 5.95 Å². The van der Waals surface area contributed by atoms with Gasteiger partial charge >= 0.3 is 5.97 Å². The number of aromatic nitrogens is 4. The summed E-state index contributed by atoms with van der Waals surface area (Å²) in [6.45, 7) is 3.33. The Bertz CT molecular complexity index is 602. The first kappa shape index (κ1) is 15.3. The second-order valence-corrected chi connectivity index (χ2v) is 5.37. The number of nitrogens with zero attached hydrogens (tertiary/aromatic N) is 5. The van der Waals surface area contributed by atoms with Gasteiger partial charge in [-0.05, 0) is 18.6 Å². The molecule has 0 saturated heterocycles. The molecule has 0 amide bonds. The molecule has 0 aliphatic carbocycles. The summed E-state index contributed by atoms with van der Waals surface area (Å²) in [5, 5.41) is 17.6. The Morgan fingerprint density at radius 2 is 2.29 bits per heavy atom. The molecule has 0 spiro atoms. The molecular formula is C13H17N5O2S. The van der Waals surface area contributed by atoms with Crippen LogP contribution in [0.3, 0.4) is 0 Å². The van der Waals surface area contributed by atoms with Crippen LogP contribution >= 0.6 is 11.8 Å². The van der Waals surface area contributed by atoms with Crippen molar-refractivity contribution in [2.75, 3.05) is 17.7 Å². The topological polar surface area (TPSA) is 84.1 Å². The number of carbonyl (C=O) groups is 1. The Balaban J connectivity index is 2.13. The van der Waals surface area contributed by atoms with Crippen molar-refractivity contribution in [3.05, 3.63) is 30.1 Å². The van der Waals surface area contributed by atoms with E-state index in [0.717, 1.165) is 5.56 Å². The van der Waals surface area contributed by atoms with Gasteiger partial charge in [0.15, 0.2) is 5.16 Å². The quantitative estimate of drug-likeness (QED) is 0.776. The molecule has 0 radical (unpaired) electrons. The molecule has 2 heterocycles. The summed E-state index contributed by atoms with van der Waals surface area (Å²) in [5.41, 5.74) is 1.07. The Hall–Kier alpha value is -2.09. The largest absolute Gasteiger partial charge is 0.481 e. The van der Waals surface area contributed by atoms with E-state index in [1.165, 1.54) is 11.8 Å². The normalized spacial score (nSPS) is 10.6. The molecule has 2 rings (SSSR count). The second-order valence-electron chi connectivity index (χ2n) is 4.43. The van der Waals surface area contributed by atoms with Crippen molar-refractivity contribution in [1.29, 1.82) is 0 Å². The SMILES string of the molecule is CCn1c(SCC(=O)O)nnc1N(C)Cc1cccnc1. The predicted molar refractivity (Wildman–Crippen MR) is 80.4 cm³/mol. The Morgan fingerprint density at radius 3 is 2.90 bits per heavy atom. The van der Waals surface area contributed by atoms with Crippen molar-refractivity contribution < 1.29 is 9.90 Å². The number of thioether (sulfide) groups is 1. The standard InChI is InChI=1S/C13H17N5O2S/c1-3-18-12(15-16-13(18)21-9-11(19)20)17(2)8-10-5-4-6-14-7-10/h4-7H,3,8-9H2,1-2H3,(H,19,20). The number of pyridine rings is 1. The first-order valence-corrected chi connectivity index (χ1v) is 7.48. The zero-order chi connectivity index (χ0) is 15.2. The summed E-state index contributed by atoms with van der Waals surface area (Å²) in [5.74, 6) is -0.171. The maximum absolute atomic E-state index is 10.7. The van der Waals surface area contributed by atoms with E-state index < -0.39 is 5.97 Å². The number of aliphatic carboxylic acids is 1. The maximum Gasteiger partial charge on any atom is 0.313 e. The third-order valence-electron chi connectivity index (χ3n) is 2.82. The average Bonchev–Trinajstić information content (AvgIpc) is 2.89. The lowest BCUT2D eigenvalue weighted by molar-refractivity contribution is -0.133. The Kier molecular flexibility index (Phi) is 5.15. The molecule has 0 fully saturated rings. The van der Waals surface area contributed by atoms with Crippen molar-refractivity contribution in [3.63, 3.8) is 0 Å². The highest BCUT2D eigenvalue weighted by Crippen LogP contribution is 2.22. The number of carboxylic acid groups (broad SMARTS) is 1. The summed E-state index contributed by atoms with van der Waals surface area (Å²) in [7, 11) is 1.93. The summed E-state index contributed by atoms with van der Waals surface area (Å²) in [4.78, 5) is 16.7. The summed E-state index contributed by atoms with van der Waals surface area (Å²) < 4.78 is 1.91. The van der Waals surface area contributed by atoms with Gasteiger partial charge in [0.25, 0.3) is 0 Å². The first-order valence-electron chi connectivity index (χ1n) is 6.49. The van der Waals surface area contributed by atoms with Crippen LogP contribution in [0.25, 0.3) is 0 Å². The van der Waals surface area contributed by atoms with Crippen LogP contribution in [-0.4, -0.2) is 43.6 Å². The lowest BCUT2D eigenvalue weighted by Gasteiger charge is -2.18. The fourth-order valence-electron chi connectivity index (χ4n) is 1.91. The molecule has 0 atom stereocenters. The third-order valence-corrected chi connectivity index (χ3v) is 3.77. The second kappa shape index (κ2) is 7.07. The number of hydrogen-bond acceptors (Lipinski definition) is 6. The van der Waals surface area contributed by atoms with Gasteiger partial charge in [-0.15, -0.1) is 10.2 Å². The van der Waals surface area contributed by atoms with Gasteiger partial charge in [0.05, 0.1) is 5.75 Å². The highest BCUT2D eigenvalue weighted by Gasteiger charge is 2.16. The van der Waals surface area contributed by atoms with Gasteiger partial charge < -0.3 is 10.0 Å². The molecule has 2 aromatic rings. The molecule has 0 saturated carbocycles. The molecule has 21 heavy (non-hydrogen) atoms. The zero-order valence-corrected chi connectivity index (χ0v) is 12.7. The Morgan fingerprint density at radius 1 is 1.48 bits per heavy atom. The van der Waals surface area contributed by atoms with Crippen LogP contribution in [-0.2, 0) is 17.9 Å². The number of hydrogen-bond donors (Lipinski definition) is 1. The molecule has 8 heteroatoms. The molecule has 0 unspecified atom stereocenters. The molecule has 112 valence electrons. The van der Waals surface area contributed by atoms with Crippen molar-refractivity contribution in [3.8, 4) is 0 Å².